The molecule has 0 bridgehead atoms. The normalized spacial score (nSPS) is 11.4. The molecule has 6 aromatic carbocycles. The Kier molecular flexibility index (Phi) is 6.43. The van der Waals surface area contributed by atoms with Crippen molar-refractivity contribution in [2.24, 2.45) is 0 Å². The molecular weight excluding hydrogens is 573 g/mol. The lowest BCUT2D eigenvalue weighted by Crippen LogP contribution is -1.97. The highest BCUT2D eigenvalue weighted by Crippen LogP contribution is 2.36. The quantitative estimate of drug-likeness (QED) is 0.197. The van der Waals surface area contributed by atoms with Crippen molar-refractivity contribution in [3.8, 4) is 50.8 Å². The lowest BCUT2D eigenvalue weighted by Gasteiger charge is -2.13. The standard InChI is InChI=1S/C43H28N4/c1-2-12-30(13-3-1)43-45-39(28-40(46-43)35-19-11-16-32-33(35)17-10-18-34(32)38-20-8-9-27-44-38)29-23-25-31(26-24-29)47-41-21-6-4-14-36(41)37-15-5-7-22-42(37)47/h1-28H. The molecule has 3 heterocycles. The number of benzene rings is 6. The van der Waals surface area contributed by atoms with E-state index < -0.39 is 0 Å². The van der Waals surface area contributed by atoms with Crippen LogP contribution in [0, 0.1) is 0 Å². The summed E-state index contributed by atoms with van der Waals surface area (Å²) in [7, 11) is 0. The van der Waals surface area contributed by atoms with Gasteiger partial charge in [-0.1, -0.05) is 121 Å². The van der Waals surface area contributed by atoms with Gasteiger partial charge < -0.3 is 4.57 Å². The predicted molar refractivity (Wildman–Crippen MR) is 193 cm³/mol. The maximum Gasteiger partial charge on any atom is 0.160 e. The van der Waals surface area contributed by atoms with Crippen LogP contribution in [-0.2, 0) is 0 Å². The first-order chi connectivity index (χ1) is 23.3. The van der Waals surface area contributed by atoms with Crippen molar-refractivity contribution in [2.75, 3.05) is 0 Å². The molecule has 0 aliphatic rings. The summed E-state index contributed by atoms with van der Waals surface area (Å²) in [6.07, 6.45) is 1.84. The second-order valence-corrected chi connectivity index (χ2v) is 11.7. The first kappa shape index (κ1) is 27.0. The molecule has 4 heteroatoms. The first-order valence-corrected chi connectivity index (χ1v) is 15.8. The Balaban J connectivity index is 1.20. The highest BCUT2D eigenvalue weighted by atomic mass is 15.0. The Morgan fingerprint density at radius 2 is 0.957 bits per heavy atom. The Labute approximate surface area is 272 Å². The summed E-state index contributed by atoms with van der Waals surface area (Å²) < 4.78 is 2.34. The summed E-state index contributed by atoms with van der Waals surface area (Å²) in [6.45, 7) is 0. The van der Waals surface area contributed by atoms with E-state index >= 15 is 0 Å². The largest absolute Gasteiger partial charge is 0.309 e. The Morgan fingerprint density at radius 1 is 0.383 bits per heavy atom. The Hall–Kier alpha value is -6.39. The number of hydrogen-bond acceptors (Lipinski definition) is 3. The van der Waals surface area contributed by atoms with Gasteiger partial charge in [0.25, 0.3) is 0 Å². The molecule has 3 aromatic heterocycles. The molecule has 0 aliphatic carbocycles. The number of fused-ring (bicyclic) bond motifs is 4. The van der Waals surface area contributed by atoms with Gasteiger partial charge in [-0.15, -0.1) is 0 Å². The zero-order chi connectivity index (χ0) is 31.2. The maximum absolute atomic E-state index is 5.15. The minimum absolute atomic E-state index is 0.697. The van der Waals surface area contributed by atoms with E-state index in [1.807, 2.05) is 36.5 Å². The summed E-state index contributed by atoms with van der Waals surface area (Å²) in [5.41, 5.74) is 10.4. The van der Waals surface area contributed by atoms with Gasteiger partial charge >= 0.3 is 0 Å². The van der Waals surface area contributed by atoms with E-state index in [4.69, 9.17) is 9.97 Å². The van der Waals surface area contributed by atoms with Crippen molar-refractivity contribution in [1.82, 2.24) is 19.5 Å². The highest BCUT2D eigenvalue weighted by molar-refractivity contribution is 6.09. The van der Waals surface area contributed by atoms with E-state index in [9.17, 15) is 0 Å². The second-order valence-electron chi connectivity index (χ2n) is 11.7. The predicted octanol–water partition coefficient (Wildman–Crippen LogP) is 10.8. The van der Waals surface area contributed by atoms with Crippen LogP contribution in [0.25, 0.3) is 83.4 Å². The van der Waals surface area contributed by atoms with Crippen LogP contribution in [0.2, 0.25) is 0 Å². The van der Waals surface area contributed by atoms with Gasteiger partial charge in [0.05, 0.1) is 28.1 Å². The molecule has 47 heavy (non-hydrogen) atoms. The average molecular weight is 601 g/mol. The van der Waals surface area contributed by atoms with Crippen LogP contribution < -0.4 is 0 Å². The first-order valence-electron chi connectivity index (χ1n) is 15.8. The van der Waals surface area contributed by atoms with E-state index in [0.29, 0.717) is 5.82 Å². The van der Waals surface area contributed by atoms with Crippen molar-refractivity contribution in [1.29, 1.82) is 0 Å². The summed E-state index contributed by atoms with van der Waals surface area (Å²) in [4.78, 5) is 14.9. The lowest BCUT2D eigenvalue weighted by atomic mass is 9.96. The van der Waals surface area contributed by atoms with Gasteiger partial charge in [0.2, 0.25) is 0 Å². The van der Waals surface area contributed by atoms with Crippen LogP contribution in [0.1, 0.15) is 0 Å². The molecule has 0 spiro atoms. The fraction of sp³-hybridized carbons (Fsp3) is 0. The lowest BCUT2D eigenvalue weighted by molar-refractivity contribution is 1.17. The molecule has 0 atom stereocenters. The van der Waals surface area contributed by atoms with E-state index in [0.717, 1.165) is 55.8 Å². The van der Waals surface area contributed by atoms with E-state index in [2.05, 4.69) is 143 Å². The van der Waals surface area contributed by atoms with Crippen molar-refractivity contribution >= 4 is 32.6 Å². The molecule has 0 aliphatic heterocycles. The van der Waals surface area contributed by atoms with Crippen LogP contribution in [-0.4, -0.2) is 19.5 Å². The summed E-state index contributed by atoms with van der Waals surface area (Å²) in [6, 6.07) is 57.1. The van der Waals surface area contributed by atoms with Gasteiger partial charge in [0.15, 0.2) is 5.82 Å². The molecule has 9 rings (SSSR count). The number of pyridine rings is 1. The topological polar surface area (TPSA) is 43.6 Å². The molecule has 0 N–H and O–H groups in total. The van der Waals surface area contributed by atoms with E-state index in [1.54, 1.807) is 0 Å². The van der Waals surface area contributed by atoms with Gasteiger partial charge in [-0.25, -0.2) is 9.97 Å². The number of nitrogens with zero attached hydrogens (tertiary/aromatic N) is 4. The smallest absolute Gasteiger partial charge is 0.160 e. The van der Waals surface area contributed by atoms with Gasteiger partial charge in [0.1, 0.15) is 0 Å². The molecule has 220 valence electrons. The van der Waals surface area contributed by atoms with Gasteiger partial charge in [-0.2, -0.15) is 0 Å². The fourth-order valence-corrected chi connectivity index (χ4v) is 6.71. The molecular formula is C43H28N4. The Bertz CT molecular complexity index is 2500. The highest BCUT2D eigenvalue weighted by Gasteiger charge is 2.16. The SMILES string of the molecule is c1ccc(-c2nc(-c3ccc(-n4c5ccccc5c5ccccc54)cc3)cc(-c3cccc4c(-c5ccccn5)cccc34)n2)cc1. The second kappa shape index (κ2) is 11.2. The molecule has 9 aromatic rings. The Morgan fingerprint density at radius 3 is 1.62 bits per heavy atom. The van der Waals surface area contributed by atoms with Crippen molar-refractivity contribution in [2.45, 2.75) is 0 Å². The van der Waals surface area contributed by atoms with Crippen molar-refractivity contribution < 1.29 is 0 Å². The average Bonchev–Trinajstić information content (AvgIpc) is 3.49. The van der Waals surface area contributed by atoms with Gasteiger partial charge in [0, 0.05) is 44.9 Å². The molecule has 0 fully saturated rings. The number of hydrogen-bond donors (Lipinski definition) is 0. The van der Waals surface area contributed by atoms with Crippen LogP contribution >= 0.6 is 0 Å². The molecule has 0 saturated carbocycles. The molecule has 0 amide bonds. The van der Waals surface area contributed by atoms with Crippen LogP contribution in [0.5, 0.6) is 0 Å². The molecule has 0 radical (unpaired) electrons. The monoisotopic (exact) mass is 600 g/mol. The van der Waals surface area contributed by atoms with Crippen molar-refractivity contribution in [3.63, 3.8) is 0 Å². The van der Waals surface area contributed by atoms with Gasteiger partial charge in [-0.3, -0.25) is 4.98 Å². The molecule has 0 unspecified atom stereocenters. The third kappa shape index (κ3) is 4.66. The molecule has 0 saturated heterocycles. The minimum atomic E-state index is 0.697. The maximum atomic E-state index is 5.15. The van der Waals surface area contributed by atoms with E-state index in [1.165, 1.54) is 21.8 Å². The van der Waals surface area contributed by atoms with Crippen LogP contribution in [0.4, 0.5) is 0 Å². The third-order valence-electron chi connectivity index (χ3n) is 8.90. The number of rotatable bonds is 5. The summed E-state index contributed by atoms with van der Waals surface area (Å²) >= 11 is 0. The summed E-state index contributed by atoms with van der Waals surface area (Å²) in [5.74, 6) is 0.697. The number of para-hydroxylation sites is 2. The van der Waals surface area contributed by atoms with Crippen LogP contribution in [0.15, 0.2) is 170 Å². The van der Waals surface area contributed by atoms with Crippen LogP contribution in [0.3, 0.4) is 0 Å². The zero-order valence-corrected chi connectivity index (χ0v) is 25.5. The number of aromatic nitrogens is 4. The zero-order valence-electron chi connectivity index (χ0n) is 25.5. The third-order valence-corrected chi connectivity index (χ3v) is 8.90. The molecule has 4 nitrogen and oxygen atoms in total. The van der Waals surface area contributed by atoms with E-state index in [-0.39, 0.29) is 0 Å². The van der Waals surface area contributed by atoms with Crippen molar-refractivity contribution in [3.05, 3.63) is 170 Å². The fourth-order valence-electron chi connectivity index (χ4n) is 6.71. The summed E-state index contributed by atoms with van der Waals surface area (Å²) in [5, 5.41) is 4.77. The van der Waals surface area contributed by atoms with Gasteiger partial charge in [-0.05, 0) is 53.2 Å². The minimum Gasteiger partial charge on any atom is -0.309 e.